The van der Waals surface area contributed by atoms with Gasteiger partial charge in [-0.15, -0.1) is 6.42 Å². The largest absolute Gasteiger partial charge is 0.341 e. The number of para-hydroxylation sites is 1. The molecule has 1 heterocycles. The summed E-state index contributed by atoms with van der Waals surface area (Å²) in [6, 6.07) is 9.61. The summed E-state index contributed by atoms with van der Waals surface area (Å²) in [6.07, 6.45) is 6.54. The SMILES string of the molecule is C#CCNC(=O)c1ccccc1NC(=O)c1ccnc(Cl)c1. The highest BCUT2D eigenvalue weighted by Gasteiger charge is 2.13. The molecule has 0 saturated carbocycles. The minimum Gasteiger partial charge on any atom is -0.341 e. The van der Waals surface area contributed by atoms with Gasteiger partial charge < -0.3 is 10.6 Å². The molecule has 2 aromatic rings. The van der Waals surface area contributed by atoms with Gasteiger partial charge in [0.05, 0.1) is 17.8 Å². The zero-order chi connectivity index (χ0) is 15.9. The maximum atomic E-state index is 12.2. The summed E-state index contributed by atoms with van der Waals surface area (Å²) >= 11 is 5.76. The maximum absolute atomic E-state index is 12.2. The number of halogens is 1. The quantitative estimate of drug-likeness (QED) is 0.672. The van der Waals surface area contributed by atoms with E-state index in [1.54, 1.807) is 24.3 Å². The van der Waals surface area contributed by atoms with Crippen LogP contribution in [0.2, 0.25) is 5.15 Å². The van der Waals surface area contributed by atoms with Gasteiger partial charge in [-0.25, -0.2) is 4.98 Å². The molecule has 0 aliphatic carbocycles. The van der Waals surface area contributed by atoms with Crippen LogP contribution in [0, 0.1) is 12.3 Å². The van der Waals surface area contributed by atoms with Crippen molar-refractivity contribution >= 4 is 29.1 Å². The van der Waals surface area contributed by atoms with Gasteiger partial charge in [0.1, 0.15) is 5.15 Å². The van der Waals surface area contributed by atoms with Gasteiger partial charge in [0.25, 0.3) is 11.8 Å². The molecule has 0 saturated heterocycles. The molecule has 0 radical (unpaired) electrons. The number of aromatic nitrogens is 1. The summed E-state index contributed by atoms with van der Waals surface area (Å²) in [6.45, 7) is 0.112. The van der Waals surface area contributed by atoms with Gasteiger partial charge in [0.2, 0.25) is 0 Å². The molecular weight excluding hydrogens is 302 g/mol. The fourth-order valence-electron chi connectivity index (χ4n) is 1.75. The van der Waals surface area contributed by atoms with Crippen molar-refractivity contribution in [1.82, 2.24) is 10.3 Å². The Balaban J connectivity index is 2.21. The Morgan fingerprint density at radius 2 is 2.00 bits per heavy atom. The first kappa shape index (κ1) is 15.5. The van der Waals surface area contributed by atoms with E-state index in [9.17, 15) is 9.59 Å². The highest BCUT2D eigenvalue weighted by molar-refractivity contribution is 6.29. The van der Waals surface area contributed by atoms with Crippen molar-refractivity contribution < 1.29 is 9.59 Å². The molecule has 2 N–H and O–H groups in total. The molecule has 0 aliphatic rings. The lowest BCUT2D eigenvalue weighted by Gasteiger charge is -2.10. The van der Waals surface area contributed by atoms with Crippen LogP contribution in [0.4, 0.5) is 5.69 Å². The number of hydrogen-bond acceptors (Lipinski definition) is 3. The summed E-state index contributed by atoms with van der Waals surface area (Å²) in [7, 11) is 0. The first-order chi connectivity index (χ1) is 10.6. The number of carbonyl (C=O) groups excluding carboxylic acids is 2. The number of nitrogens with one attached hydrogen (secondary N) is 2. The highest BCUT2D eigenvalue weighted by Crippen LogP contribution is 2.17. The molecule has 22 heavy (non-hydrogen) atoms. The predicted octanol–water partition coefficient (Wildman–Crippen LogP) is 2.35. The monoisotopic (exact) mass is 313 g/mol. The van der Waals surface area contributed by atoms with Crippen LogP contribution in [-0.4, -0.2) is 23.3 Å². The van der Waals surface area contributed by atoms with E-state index >= 15 is 0 Å². The van der Waals surface area contributed by atoms with Gasteiger partial charge in [-0.1, -0.05) is 29.7 Å². The number of nitrogens with zero attached hydrogens (tertiary/aromatic N) is 1. The summed E-state index contributed by atoms with van der Waals surface area (Å²) < 4.78 is 0. The van der Waals surface area contributed by atoms with E-state index in [0.29, 0.717) is 16.8 Å². The van der Waals surface area contributed by atoms with Crippen molar-refractivity contribution in [2.24, 2.45) is 0 Å². The van der Waals surface area contributed by atoms with E-state index in [2.05, 4.69) is 21.5 Å². The number of anilines is 1. The van der Waals surface area contributed by atoms with Crippen LogP contribution in [0.25, 0.3) is 0 Å². The molecule has 0 atom stereocenters. The number of carbonyl (C=O) groups is 2. The Labute approximate surface area is 132 Å². The first-order valence-corrected chi connectivity index (χ1v) is 6.73. The van der Waals surface area contributed by atoms with E-state index in [1.807, 2.05) is 0 Å². The van der Waals surface area contributed by atoms with Crippen LogP contribution in [-0.2, 0) is 0 Å². The summed E-state index contributed by atoms with van der Waals surface area (Å²) in [5.41, 5.74) is 1.06. The Kier molecular flexibility index (Phi) is 5.12. The van der Waals surface area contributed by atoms with E-state index in [0.717, 1.165) is 0 Å². The fraction of sp³-hybridized carbons (Fsp3) is 0.0625. The Bertz CT molecular complexity index is 753. The zero-order valence-corrected chi connectivity index (χ0v) is 12.2. The van der Waals surface area contributed by atoms with Crippen LogP contribution in [0.15, 0.2) is 42.6 Å². The van der Waals surface area contributed by atoms with E-state index < -0.39 is 0 Å². The summed E-state index contributed by atoms with van der Waals surface area (Å²) in [4.78, 5) is 28.0. The van der Waals surface area contributed by atoms with Gasteiger partial charge >= 0.3 is 0 Å². The standard InChI is InChI=1S/C16H12ClN3O2/c1-2-8-19-16(22)12-5-3-4-6-13(12)20-15(21)11-7-9-18-14(17)10-11/h1,3-7,9-10H,8H2,(H,19,22)(H,20,21). The summed E-state index contributed by atoms with van der Waals surface area (Å²) in [5, 5.41) is 5.44. The van der Waals surface area contributed by atoms with Gasteiger partial charge in [0, 0.05) is 11.8 Å². The lowest BCUT2D eigenvalue weighted by atomic mass is 10.1. The van der Waals surface area contributed by atoms with Gasteiger partial charge in [-0.3, -0.25) is 9.59 Å². The molecule has 6 heteroatoms. The molecule has 2 amide bonds. The number of benzene rings is 1. The molecule has 5 nitrogen and oxygen atoms in total. The third kappa shape index (κ3) is 3.84. The van der Waals surface area contributed by atoms with Crippen molar-refractivity contribution in [2.75, 3.05) is 11.9 Å². The van der Waals surface area contributed by atoms with Crippen LogP contribution >= 0.6 is 11.6 Å². The lowest BCUT2D eigenvalue weighted by molar-refractivity contribution is 0.0959. The molecule has 0 bridgehead atoms. The van der Waals surface area contributed by atoms with Crippen molar-refractivity contribution in [3.8, 4) is 12.3 Å². The third-order valence-corrected chi connectivity index (χ3v) is 2.97. The minimum atomic E-state index is -0.388. The lowest BCUT2D eigenvalue weighted by Crippen LogP contribution is -2.25. The zero-order valence-electron chi connectivity index (χ0n) is 11.5. The predicted molar refractivity (Wildman–Crippen MR) is 84.8 cm³/mol. The maximum Gasteiger partial charge on any atom is 0.255 e. The molecular formula is C16H12ClN3O2. The van der Waals surface area contributed by atoms with Crippen LogP contribution < -0.4 is 10.6 Å². The molecule has 1 aromatic heterocycles. The number of amides is 2. The van der Waals surface area contributed by atoms with Crippen molar-refractivity contribution in [3.05, 3.63) is 58.9 Å². The smallest absolute Gasteiger partial charge is 0.255 e. The average molecular weight is 314 g/mol. The van der Waals surface area contributed by atoms with Crippen LogP contribution in [0.3, 0.4) is 0 Å². The molecule has 0 unspecified atom stereocenters. The average Bonchev–Trinajstić information content (AvgIpc) is 2.53. The molecule has 0 aliphatic heterocycles. The van der Waals surface area contributed by atoms with E-state index in [-0.39, 0.29) is 23.5 Å². The fourth-order valence-corrected chi connectivity index (χ4v) is 1.93. The second-order valence-electron chi connectivity index (χ2n) is 4.25. The van der Waals surface area contributed by atoms with Crippen molar-refractivity contribution in [3.63, 3.8) is 0 Å². The van der Waals surface area contributed by atoms with Crippen molar-refractivity contribution in [2.45, 2.75) is 0 Å². The van der Waals surface area contributed by atoms with Gasteiger partial charge in [-0.2, -0.15) is 0 Å². The number of terminal acetylenes is 1. The molecule has 1 aromatic carbocycles. The number of hydrogen-bond donors (Lipinski definition) is 2. The minimum absolute atomic E-state index is 0.112. The number of pyridine rings is 1. The molecule has 2 rings (SSSR count). The second-order valence-corrected chi connectivity index (χ2v) is 4.64. The Hall–Kier alpha value is -2.84. The topological polar surface area (TPSA) is 71.1 Å². The molecule has 0 fully saturated rings. The Morgan fingerprint density at radius 1 is 1.23 bits per heavy atom. The van der Waals surface area contributed by atoms with E-state index in [1.165, 1.54) is 18.3 Å². The second kappa shape index (κ2) is 7.25. The third-order valence-electron chi connectivity index (χ3n) is 2.76. The highest BCUT2D eigenvalue weighted by atomic mass is 35.5. The first-order valence-electron chi connectivity index (χ1n) is 6.35. The van der Waals surface area contributed by atoms with Crippen molar-refractivity contribution in [1.29, 1.82) is 0 Å². The van der Waals surface area contributed by atoms with Crippen LogP contribution in [0.5, 0.6) is 0 Å². The van der Waals surface area contributed by atoms with Crippen LogP contribution in [0.1, 0.15) is 20.7 Å². The van der Waals surface area contributed by atoms with Gasteiger partial charge in [-0.05, 0) is 24.3 Å². The Morgan fingerprint density at radius 3 is 2.73 bits per heavy atom. The molecule has 0 spiro atoms. The summed E-state index contributed by atoms with van der Waals surface area (Å²) in [5.74, 6) is 1.57. The number of rotatable bonds is 4. The van der Waals surface area contributed by atoms with E-state index in [4.69, 9.17) is 18.0 Å². The normalized spacial score (nSPS) is 9.64. The molecule has 110 valence electrons. The van der Waals surface area contributed by atoms with Gasteiger partial charge in [0.15, 0.2) is 0 Å².